The quantitative estimate of drug-likeness (QED) is 0.807. The summed E-state index contributed by atoms with van der Waals surface area (Å²) in [5.41, 5.74) is 1.20. The third-order valence-electron chi connectivity index (χ3n) is 3.61. The van der Waals surface area contributed by atoms with Gasteiger partial charge in [-0.1, -0.05) is 0 Å². The zero-order chi connectivity index (χ0) is 14.4. The third kappa shape index (κ3) is 5.70. The molecule has 0 aliphatic carbocycles. The van der Waals surface area contributed by atoms with Gasteiger partial charge in [0.2, 0.25) is 0 Å². The number of nitrogens with one attached hydrogen (secondary N) is 1. The van der Waals surface area contributed by atoms with E-state index >= 15 is 0 Å². The number of ether oxygens (including phenoxy) is 2. The summed E-state index contributed by atoms with van der Waals surface area (Å²) < 4.78 is 11.0. The molecule has 1 aliphatic heterocycles. The summed E-state index contributed by atoms with van der Waals surface area (Å²) in [4.78, 5) is 3.58. The molecule has 1 aliphatic rings. The van der Waals surface area contributed by atoms with E-state index in [1.165, 1.54) is 12.0 Å². The number of thioether (sulfide) groups is 1. The summed E-state index contributed by atoms with van der Waals surface area (Å²) in [5.74, 6) is 1.88. The molecule has 1 saturated heterocycles. The highest BCUT2D eigenvalue weighted by Crippen LogP contribution is 2.35. The van der Waals surface area contributed by atoms with Gasteiger partial charge >= 0.3 is 0 Å². The zero-order valence-corrected chi connectivity index (χ0v) is 15.8. The van der Waals surface area contributed by atoms with Crippen LogP contribution >= 0.6 is 36.6 Å². The molecule has 0 atom stereocenters. The van der Waals surface area contributed by atoms with Crippen LogP contribution in [0, 0.1) is 0 Å². The van der Waals surface area contributed by atoms with Crippen LogP contribution in [0.1, 0.15) is 12.0 Å². The highest BCUT2D eigenvalue weighted by atomic mass is 35.5. The van der Waals surface area contributed by atoms with E-state index in [1.807, 2.05) is 0 Å². The normalized spacial score (nSPS) is 15.2. The lowest BCUT2D eigenvalue weighted by molar-refractivity contribution is 0.277. The second-order valence-electron chi connectivity index (χ2n) is 4.90. The Hall–Kier alpha value is -0.330. The van der Waals surface area contributed by atoms with Crippen LogP contribution in [0.25, 0.3) is 0 Å². The van der Waals surface area contributed by atoms with E-state index < -0.39 is 0 Å². The molecule has 1 aromatic rings. The molecule has 0 radical (unpaired) electrons. The van der Waals surface area contributed by atoms with Gasteiger partial charge < -0.3 is 14.8 Å². The summed E-state index contributed by atoms with van der Waals surface area (Å²) in [6.45, 7) is 5.29. The predicted molar refractivity (Wildman–Crippen MR) is 98.6 cm³/mol. The van der Waals surface area contributed by atoms with E-state index in [2.05, 4.69) is 28.6 Å². The Morgan fingerprint density at radius 3 is 2.45 bits per heavy atom. The molecule has 0 unspecified atom stereocenters. The Morgan fingerprint density at radius 1 is 1.09 bits per heavy atom. The topological polar surface area (TPSA) is 33.7 Å². The van der Waals surface area contributed by atoms with Crippen molar-refractivity contribution in [2.75, 3.05) is 46.7 Å². The fourth-order valence-corrected chi connectivity index (χ4v) is 3.09. The monoisotopic (exact) mass is 368 g/mol. The van der Waals surface area contributed by atoms with Crippen molar-refractivity contribution in [2.45, 2.75) is 17.9 Å². The third-order valence-corrected chi connectivity index (χ3v) is 4.37. The van der Waals surface area contributed by atoms with Crippen LogP contribution in [0.2, 0.25) is 0 Å². The van der Waals surface area contributed by atoms with Crippen molar-refractivity contribution in [1.82, 2.24) is 10.2 Å². The number of nitrogens with zero attached hydrogens (tertiary/aromatic N) is 1. The Morgan fingerprint density at radius 2 is 1.82 bits per heavy atom. The van der Waals surface area contributed by atoms with Crippen molar-refractivity contribution in [3.63, 3.8) is 0 Å². The molecule has 1 aromatic carbocycles. The number of benzene rings is 1. The Labute approximate surface area is 150 Å². The number of hydrogen-bond donors (Lipinski definition) is 1. The van der Waals surface area contributed by atoms with Crippen LogP contribution in [-0.2, 0) is 6.54 Å². The molecule has 0 aromatic heterocycles. The predicted octanol–water partition coefficient (Wildman–Crippen LogP) is 3.06. The largest absolute Gasteiger partial charge is 0.496 e. The van der Waals surface area contributed by atoms with Crippen LogP contribution in [0.3, 0.4) is 0 Å². The second kappa shape index (κ2) is 11.2. The van der Waals surface area contributed by atoms with Gasteiger partial charge in [-0.05, 0) is 37.9 Å². The minimum Gasteiger partial charge on any atom is -0.496 e. The lowest BCUT2D eigenvalue weighted by atomic mass is 10.1. The number of hydrogen-bond acceptors (Lipinski definition) is 5. The van der Waals surface area contributed by atoms with Crippen molar-refractivity contribution >= 4 is 36.6 Å². The molecule has 1 N–H and O–H groups in total. The van der Waals surface area contributed by atoms with E-state index in [9.17, 15) is 0 Å². The average Bonchev–Trinajstić information content (AvgIpc) is 2.75. The summed E-state index contributed by atoms with van der Waals surface area (Å²) in [5, 5.41) is 3.43. The fraction of sp³-hybridized carbons (Fsp3) is 0.600. The maximum Gasteiger partial charge on any atom is 0.132 e. The summed E-state index contributed by atoms with van der Waals surface area (Å²) >= 11 is 1.68. The van der Waals surface area contributed by atoms with Crippen molar-refractivity contribution < 1.29 is 9.47 Å². The Balaban J connectivity index is 0.00000220. The molecule has 7 heteroatoms. The molecule has 22 heavy (non-hydrogen) atoms. The summed E-state index contributed by atoms with van der Waals surface area (Å²) in [6.07, 6.45) is 3.25. The van der Waals surface area contributed by atoms with Crippen molar-refractivity contribution in [1.29, 1.82) is 0 Å². The molecule has 0 saturated carbocycles. The Kier molecular flexibility index (Phi) is 11.1. The van der Waals surface area contributed by atoms with Crippen LogP contribution in [0.15, 0.2) is 17.0 Å². The van der Waals surface area contributed by atoms with E-state index in [1.54, 1.807) is 26.0 Å². The van der Waals surface area contributed by atoms with Gasteiger partial charge in [0.15, 0.2) is 0 Å². The van der Waals surface area contributed by atoms with Crippen molar-refractivity contribution in [3.05, 3.63) is 17.7 Å². The molecule has 0 bridgehead atoms. The summed E-state index contributed by atoms with van der Waals surface area (Å²) in [7, 11) is 3.46. The van der Waals surface area contributed by atoms with Gasteiger partial charge in [-0.25, -0.2) is 0 Å². The fourth-order valence-electron chi connectivity index (χ4n) is 2.52. The van der Waals surface area contributed by atoms with Gasteiger partial charge in [-0.3, -0.25) is 4.90 Å². The van der Waals surface area contributed by atoms with E-state index in [4.69, 9.17) is 9.47 Å². The molecule has 128 valence electrons. The lowest BCUT2D eigenvalue weighted by Crippen LogP contribution is -2.27. The van der Waals surface area contributed by atoms with Gasteiger partial charge in [0.1, 0.15) is 11.5 Å². The highest BCUT2D eigenvalue weighted by molar-refractivity contribution is 7.98. The minimum absolute atomic E-state index is 0. The molecule has 0 spiro atoms. The van der Waals surface area contributed by atoms with Gasteiger partial charge in [0, 0.05) is 25.2 Å². The number of rotatable bonds is 5. The SMILES string of the molecule is COc1cc(SC)c(OC)cc1CN1CCCNCC1.Cl.Cl. The first-order valence-corrected chi connectivity index (χ1v) is 8.23. The molecule has 1 fully saturated rings. The van der Waals surface area contributed by atoms with Crippen LogP contribution in [-0.4, -0.2) is 51.6 Å². The van der Waals surface area contributed by atoms with Crippen LogP contribution in [0.5, 0.6) is 11.5 Å². The van der Waals surface area contributed by atoms with Gasteiger partial charge in [-0.2, -0.15) is 0 Å². The van der Waals surface area contributed by atoms with E-state index in [0.29, 0.717) is 0 Å². The van der Waals surface area contributed by atoms with Crippen molar-refractivity contribution in [2.24, 2.45) is 0 Å². The van der Waals surface area contributed by atoms with Gasteiger partial charge in [0.05, 0.1) is 19.1 Å². The molecular formula is C15H26Cl2N2O2S. The minimum atomic E-state index is 0. The summed E-state index contributed by atoms with van der Waals surface area (Å²) in [6, 6.07) is 4.19. The van der Waals surface area contributed by atoms with E-state index in [-0.39, 0.29) is 24.8 Å². The molecule has 2 rings (SSSR count). The van der Waals surface area contributed by atoms with Crippen LogP contribution < -0.4 is 14.8 Å². The van der Waals surface area contributed by atoms with Crippen molar-refractivity contribution in [3.8, 4) is 11.5 Å². The first kappa shape index (κ1) is 21.7. The molecule has 1 heterocycles. The van der Waals surface area contributed by atoms with Crippen LogP contribution in [0.4, 0.5) is 0 Å². The zero-order valence-electron chi connectivity index (χ0n) is 13.4. The maximum absolute atomic E-state index is 5.55. The maximum atomic E-state index is 5.55. The lowest BCUT2D eigenvalue weighted by Gasteiger charge is -2.22. The smallest absolute Gasteiger partial charge is 0.132 e. The first-order chi connectivity index (χ1) is 9.78. The molecule has 0 amide bonds. The molecule has 4 nitrogen and oxygen atoms in total. The standard InChI is InChI=1S/C15H24N2O2S.2ClH/c1-18-13-10-15(20-3)14(19-2)9-12(13)11-17-7-4-5-16-6-8-17;;/h9-10,16H,4-8,11H2,1-3H3;2*1H. The molecular weight excluding hydrogens is 343 g/mol. The second-order valence-corrected chi connectivity index (χ2v) is 5.75. The Bertz CT molecular complexity index is 442. The average molecular weight is 369 g/mol. The van der Waals surface area contributed by atoms with E-state index in [0.717, 1.165) is 49.1 Å². The number of halogens is 2. The number of methoxy groups -OCH3 is 2. The highest BCUT2D eigenvalue weighted by Gasteiger charge is 2.15. The first-order valence-electron chi connectivity index (χ1n) is 7.00. The van der Waals surface area contributed by atoms with Gasteiger partial charge in [-0.15, -0.1) is 36.6 Å². The van der Waals surface area contributed by atoms with Gasteiger partial charge in [0.25, 0.3) is 0 Å².